The van der Waals surface area contributed by atoms with Crippen LogP contribution in [-0.4, -0.2) is 42.3 Å². The lowest BCUT2D eigenvalue weighted by Crippen LogP contribution is -2.50. The van der Waals surface area contributed by atoms with Crippen LogP contribution in [0.15, 0.2) is 30.3 Å². The first kappa shape index (κ1) is 14.5. The first-order chi connectivity index (χ1) is 9.69. The number of hydrogen-bond donors (Lipinski definition) is 1. The SMILES string of the molecule is N#CC(CCC(=O)O)(c1ccccc1)N1CCOCC1. The Balaban J connectivity index is 2.34. The molecule has 5 heteroatoms. The summed E-state index contributed by atoms with van der Waals surface area (Å²) < 4.78 is 5.33. The fourth-order valence-electron chi connectivity index (χ4n) is 2.62. The second kappa shape index (κ2) is 6.51. The summed E-state index contributed by atoms with van der Waals surface area (Å²) in [5.41, 5.74) is -0.0330. The molecule has 1 aliphatic rings. The number of carboxylic acids is 1. The third-order valence-electron chi connectivity index (χ3n) is 3.69. The number of hydrogen-bond acceptors (Lipinski definition) is 4. The fourth-order valence-corrected chi connectivity index (χ4v) is 2.62. The zero-order valence-electron chi connectivity index (χ0n) is 11.3. The Bertz CT molecular complexity index is 492. The molecule has 0 spiro atoms. The average molecular weight is 274 g/mol. The van der Waals surface area contributed by atoms with Gasteiger partial charge >= 0.3 is 5.97 Å². The number of rotatable bonds is 5. The van der Waals surface area contributed by atoms with Crippen molar-refractivity contribution in [3.8, 4) is 6.07 Å². The maximum atomic E-state index is 10.9. The van der Waals surface area contributed by atoms with E-state index in [1.807, 2.05) is 35.2 Å². The number of benzene rings is 1. The molecule has 0 bridgehead atoms. The van der Waals surface area contributed by atoms with Crippen molar-refractivity contribution in [1.29, 1.82) is 5.26 Å². The number of nitriles is 1. The Kier molecular flexibility index (Phi) is 4.72. The highest BCUT2D eigenvalue weighted by Crippen LogP contribution is 2.33. The predicted molar refractivity (Wildman–Crippen MR) is 73.0 cm³/mol. The number of ether oxygens (including phenoxy) is 1. The van der Waals surface area contributed by atoms with Gasteiger partial charge < -0.3 is 9.84 Å². The summed E-state index contributed by atoms with van der Waals surface area (Å²) >= 11 is 0. The van der Waals surface area contributed by atoms with Crippen LogP contribution in [0.3, 0.4) is 0 Å². The minimum Gasteiger partial charge on any atom is -0.481 e. The molecule has 1 aromatic rings. The Hall–Kier alpha value is -1.90. The van der Waals surface area contributed by atoms with Gasteiger partial charge in [-0.1, -0.05) is 30.3 Å². The number of carboxylic acid groups (broad SMARTS) is 1. The largest absolute Gasteiger partial charge is 0.481 e. The number of carbonyl (C=O) groups is 1. The average Bonchev–Trinajstić information content (AvgIpc) is 2.50. The minimum atomic E-state index is -0.885. The molecule has 1 aromatic carbocycles. The van der Waals surface area contributed by atoms with Crippen LogP contribution in [0.25, 0.3) is 0 Å². The van der Waals surface area contributed by atoms with Crippen molar-refractivity contribution in [2.75, 3.05) is 26.3 Å². The number of morpholine rings is 1. The van der Waals surface area contributed by atoms with Crippen LogP contribution in [0.2, 0.25) is 0 Å². The van der Waals surface area contributed by atoms with Crippen molar-refractivity contribution in [2.45, 2.75) is 18.4 Å². The first-order valence-electron chi connectivity index (χ1n) is 6.70. The molecule has 0 radical (unpaired) electrons. The van der Waals surface area contributed by atoms with Crippen LogP contribution in [0.5, 0.6) is 0 Å². The van der Waals surface area contributed by atoms with Gasteiger partial charge in [-0.25, -0.2) is 0 Å². The Labute approximate surface area is 118 Å². The van der Waals surface area contributed by atoms with Crippen molar-refractivity contribution in [2.24, 2.45) is 0 Å². The van der Waals surface area contributed by atoms with Crippen LogP contribution in [0.4, 0.5) is 0 Å². The summed E-state index contributed by atoms with van der Waals surface area (Å²) in [6.07, 6.45) is 0.253. The third kappa shape index (κ3) is 2.98. The summed E-state index contributed by atoms with van der Waals surface area (Å²) in [5.74, 6) is -0.881. The molecule has 1 saturated heterocycles. The van der Waals surface area contributed by atoms with Gasteiger partial charge in [-0.2, -0.15) is 5.26 Å². The lowest BCUT2D eigenvalue weighted by atomic mass is 9.84. The maximum Gasteiger partial charge on any atom is 0.303 e. The van der Waals surface area contributed by atoms with Gasteiger partial charge in [-0.3, -0.25) is 9.69 Å². The molecule has 1 N–H and O–H groups in total. The summed E-state index contributed by atoms with van der Waals surface area (Å²) in [5, 5.41) is 18.7. The monoisotopic (exact) mass is 274 g/mol. The van der Waals surface area contributed by atoms with Gasteiger partial charge in [0, 0.05) is 19.5 Å². The highest BCUT2D eigenvalue weighted by Gasteiger charge is 2.39. The number of aliphatic carboxylic acids is 1. The van der Waals surface area contributed by atoms with E-state index in [2.05, 4.69) is 6.07 Å². The molecule has 0 aliphatic carbocycles. The molecule has 0 saturated carbocycles. The van der Waals surface area contributed by atoms with Crippen LogP contribution in [0, 0.1) is 11.3 Å². The second-order valence-electron chi connectivity index (χ2n) is 4.83. The van der Waals surface area contributed by atoms with Crippen molar-refractivity contribution < 1.29 is 14.6 Å². The van der Waals surface area contributed by atoms with Crippen LogP contribution >= 0.6 is 0 Å². The maximum absolute atomic E-state index is 10.9. The summed E-state index contributed by atoms with van der Waals surface area (Å²) in [6.45, 7) is 2.43. The molecule has 1 aliphatic heterocycles. The highest BCUT2D eigenvalue weighted by molar-refractivity contribution is 5.67. The van der Waals surface area contributed by atoms with E-state index in [1.54, 1.807) is 0 Å². The highest BCUT2D eigenvalue weighted by atomic mass is 16.5. The smallest absolute Gasteiger partial charge is 0.303 e. The third-order valence-corrected chi connectivity index (χ3v) is 3.69. The molecule has 1 unspecified atom stereocenters. The van der Waals surface area contributed by atoms with E-state index in [1.165, 1.54) is 0 Å². The van der Waals surface area contributed by atoms with Gasteiger partial charge in [0.1, 0.15) is 5.54 Å². The second-order valence-corrected chi connectivity index (χ2v) is 4.83. The van der Waals surface area contributed by atoms with Crippen molar-refractivity contribution in [3.63, 3.8) is 0 Å². The van der Waals surface area contributed by atoms with E-state index in [0.717, 1.165) is 5.56 Å². The van der Waals surface area contributed by atoms with Gasteiger partial charge in [-0.05, 0) is 12.0 Å². The van der Waals surface area contributed by atoms with Crippen LogP contribution in [-0.2, 0) is 15.1 Å². The normalized spacial score (nSPS) is 18.9. The van der Waals surface area contributed by atoms with E-state index in [0.29, 0.717) is 26.3 Å². The van der Waals surface area contributed by atoms with E-state index in [4.69, 9.17) is 9.84 Å². The molecule has 5 nitrogen and oxygen atoms in total. The molecule has 1 atom stereocenters. The van der Waals surface area contributed by atoms with Crippen LogP contribution in [0.1, 0.15) is 18.4 Å². The molecule has 1 heterocycles. The summed E-state index contributed by atoms with van der Waals surface area (Å²) in [6, 6.07) is 11.8. The molecule has 106 valence electrons. The van der Waals surface area contributed by atoms with Gasteiger partial charge in [0.05, 0.1) is 19.3 Å². The molecular weight excluding hydrogens is 256 g/mol. The molecule has 20 heavy (non-hydrogen) atoms. The van der Waals surface area contributed by atoms with Gasteiger partial charge in [0.25, 0.3) is 0 Å². The topological polar surface area (TPSA) is 73.6 Å². The predicted octanol–water partition coefficient (Wildman–Crippen LogP) is 1.60. The molecule has 2 rings (SSSR count). The lowest BCUT2D eigenvalue weighted by molar-refractivity contribution is -0.137. The van der Waals surface area contributed by atoms with Crippen molar-refractivity contribution >= 4 is 5.97 Å². The Morgan fingerprint density at radius 3 is 2.55 bits per heavy atom. The number of nitrogens with zero attached hydrogens (tertiary/aromatic N) is 2. The fraction of sp³-hybridized carbons (Fsp3) is 0.467. The van der Waals surface area contributed by atoms with E-state index in [9.17, 15) is 10.1 Å². The molecular formula is C15H18N2O3. The molecule has 0 aromatic heterocycles. The minimum absolute atomic E-state index is 0.0280. The van der Waals surface area contributed by atoms with Gasteiger partial charge in [-0.15, -0.1) is 0 Å². The Morgan fingerprint density at radius 2 is 2.00 bits per heavy atom. The Morgan fingerprint density at radius 1 is 1.35 bits per heavy atom. The van der Waals surface area contributed by atoms with E-state index >= 15 is 0 Å². The van der Waals surface area contributed by atoms with Gasteiger partial charge in [0.15, 0.2) is 0 Å². The molecule has 0 amide bonds. The standard InChI is InChI=1S/C15H18N2O3/c16-12-15(7-6-14(18)19,13-4-2-1-3-5-13)17-8-10-20-11-9-17/h1-5H,6-11H2,(H,18,19). The lowest BCUT2D eigenvalue weighted by Gasteiger charge is -2.41. The van der Waals surface area contributed by atoms with Gasteiger partial charge in [0.2, 0.25) is 0 Å². The van der Waals surface area contributed by atoms with Crippen molar-refractivity contribution in [1.82, 2.24) is 4.90 Å². The zero-order valence-corrected chi connectivity index (χ0v) is 11.3. The summed E-state index contributed by atoms with van der Waals surface area (Å²) in [7, 11) is 0. The first-order valence-corrected chi connectivity index (χ1v) is 6.70. The van der Waals surface area contributed by atoms with Crippen LogP contribution < -0.4 is 0 Å². The van der Waals surface area contributed by atoms with E-state index in [-0.39, 0.29) is 12.8 Å². The zero-order chi connectivity index (χ0) is 14.4. The quantitative estimate of drug-likeness (QED) is 0.883. The molecule has 1 fully saturated rings. The van der Waals surface area contributed by atoms with Crippen molar-refractivity contribution in [3.05, 3.63) is 35.9 Å². The van der Waals surface area contributed by atoms with E-state index < -0.39 is 11.5 Å². The summed E-state index contributed by atoms with van der Waals surface area (Å²) in [4.78, 5) is 13.0.